The van der Waals surface area contributed by atoms with E-state index in [1.165, 1.54) is 0 Å². The fourth-order valence-corrected chi connectivity index (χ4v) is 3.98. The molecule has 0 spiro atoms. The van der Waals surface area contributed by atoms with Gasteiger partial charge in [-0.25, -0.2) is 0 Å². The lowest BCUT2D eigenvalue weighted by atomic mass is 9.65. The maximum Gasteiger partial charge on any atom is 0.147 e. The zero-order valence-electron chi connectivity index (χ0n) is 9.70. The number of rotatable bonds is 2. The molecule has 3 heteroatoms. The minimum absolute atomic E-state index is 0.00637. The molecule has 4 aliphatic rings. The van der Waals surface area contributed by atoms with Crippen molar-refractivity contribution in [1.29, 1.82) is 0 Å². The largest absolute Gasteiger partial charge is 0.299 e. The van der Waals surface area contributed by atoms with E-state index in [-0.39, 0.29) is 5.41 Å². The molecule has 0 saturated carbocycles. The minimum atomic E-state index is -0.00637. The highest BCUT2D eigenvalue weighted by Gasteiger charge is 2.55. The summed E-state index contributed by atoms with van der Waals surface area (Å²) in [5.41, 5.74) is -0.00637. The summed E-state index contributed by atoms with van der Waals surface area (Å²) in [6.07, 6.45) is 1.08. The third-order valence-corrected chi connectivity index (χ3v) is 4.10. The molecule has 3 nitrogen and oxygen atoms in total. The maximum atomic E-state index is 12.4. The number of hydrogen-bond donors (Lipinski definition) is 0. The Morgan fingerprint density at radius 1 is 1.33 bits per heavy atom. The monoisotopic (exact) mass is 208 g/mol. The molecule has 4 rings (SSSR count). The highest BCUT2D eigenvalue weighted by atomic mass is 16.1. The van der Waals surface area contributed by atoms with Gasteiger partial charge in [-0.2, -0.15) is 0 Å². The zero-order valence-corrected chi connectivity index (χ0v) is 9.70. The van der Waals surface area contributed by atoms with Gasteiger partial charge in [0, 0.05) is 32.1 Å². The van der Waals surface area contributed by atoms with Crippen LogP contribution in [0.25, 0.3) is 0 Å². The van der Waals surface area contributed by atoms with Crippen molar-refractivity contribution in [3.8, 4) is 0 Å². The van der Waals surface area contributed by atoms with Crippen molar-refractivity contribution in [3.63, 3.8) is 0 Å². The second kappa shape index (κ2) is 3.05. The number of hydrogen-bond acceptors (Lipinski definition) is 3. The van der Waals surface area contributed by atoms with Gasteiger partial charge in [-0.3, -0.25) is 14.6 Å². The number of carbonyl (C=O) groups excluding carboxylic acids is 1. The fraction of sp³-hybridized carbons (Fsp3) is 0.917. The number of carbonyl (C=O) groups is 1. The van der Waals surface area contributed by atoms with E-state index in [4.69, 9.17) is 0 Å². The van der Waals surface area contributed by atoms with Crippen LogP contribution in [-0.4, -0.2) is 48.4 Å². The van der Waals surface area contributed by atoms with Gasteiger partial charge in [-0.15, -0.1) is 0 Å². The van der Waals surface area contributed by atoms with Gasteiger partial charge in [-0.05, 0) is 12.3 Å². The molecule has 0 aromatic rings. The zero-order chi connectivity index (χ0) is 10.6. The Bertz CT molecular complexity index is 280. The van der Waals surface area contributed by atoms with Crippen LogP contribution >= 0.6 is 0 Å². The summed E-state index contributed by atoms with van der Waals surface area (Å²) in [5, 5.41) is 0. The van der Waals surface area contributed by atoms with E-state index in [0.29, 0.717) is 17.6 Å². The first-order valence-corrected chi connectivity index (χ1v) is 6.08. The summed E-state index contributed by atoms with van der Waals surface area (Å²) in [7, 11) is 0. The topological polar surface area (TPSA) is 23.6 Å². The molecule has 4 bridgehead atoms. The van der Waals surface area contributed by atoms with Crippen molar-refractivity contribution >= 4 is 5.78 Å². The van der Waals surface area contributed by atoms with Gasteiger partial charge in [0.25, 0.3) is 0 Å². The normalized spacial score (nSPS) is 47.9. The van der Waals surface area contributed by atoms with Crippen molar-refractivity contribution < 1.29 is 4.79 Å². The van der Waals surface area contributed by atoms with Gasteiger partial charge >= 0.3 is 0 Å². The molecule has 4 aliphatic heterocycles. The highest BCUT2D eigenvalue weighted by molar-refractivity contribution is 5.90. The third-order valence-electron chi connectivity index (χ3n) is 4.10. The van der Waals surface area contributed by atoms with Crippen molar-refractivity contribution in [3.05, 3.63) is 0 Å². The van der Waals surface area contributed by atoms with Crippen LogP contribution in [0.2, 0.25) is 0 Å². The smallest absolute Gasteiger partial charge is 0.147 e. The second-order valence-corrected chi connectivity index (χ2v) is 6.10. The lowest BCUT2D eigenvalue weighted by Crippen LogP contribution is -2.71. The molecule has 2 unspecified atom stereocenters. The number of Topliss-reactive ketones (excluding diaryl/α,β-unsaturated/α-hetero) is 1. The summed E-state index contributed by atoms with van der Waals surface area (Å²) < 4.78 is 0. The van der Waals surface area contributed by atoms with Gasteiger partial charge in [0.15, 0.2) is 0 Å². The van der Waals surface area contributed by atoms with Crippen molar-refractivity contribution in [2.24, 2.45) is 17.3 Å². The summed E-state index contributed by atoms with van der Waals surface area (Å²) in [6, 6.07) is 0. The first-order valence-electron chi connectivity index (χ1n) is 6.08. The molecule has 0 amide bonds. The van der Waals surface area contributed by atoms with E-state index < -0.39 is 0 Å². The van der Waals surface area contributed by atoms with Crippen molar-refractivity contribution in [2.75, 3.05) is 32.8 Å². The molecule has 0 aromatic carbocycles. The predicted octanol–water partition coefficient (Wildman–Crippen LogP) is 0.806. The van der Waals surface area contributed by atoms with Crippen molar-refractivity contribution in [2.45, 2.75) is 20.3 Å². The van der Waals surface area contributed by atoms with E-state index in [9.17, 15) is 4.79 Å². The lowest BCUT2D eigenvalue weighted by molar-refractivity contribution is -0.167. The summed E-state index contributed by atoms with van der Waals surface area (Å²) in [5.74, 6) is 1.52. The van der Waals surface area contributed by atoms with Crippen LogP contribution < -0.4 is 0 Å². The molecule has 2 atom stereocenters. The molecular weight excluding hydrogens is 188 g/mol. The Hall–Kier alpha value is -0.410. The molecule has 84 valence electrons. The Kier molecular flexibility index (Phi) is 1.99. The average molecular weight is 208 g/mol. The molecular formula is C12H20N2O. The number of ketones is 1. The predicted molar refractivity (Wildman–Crippen MR) is 58.4 cm³/mol. The fourth-order valence-electron chi connectivity index (χ4n) is 3.98. The van der Waals surface area contributed by atoms with Gasteiger partial charge in [0.05, 0.1) is 12.1 Å². The van der Waals surface area contributed by atoms with Crippen molar-refractivity contribution in [1.82, 2.24) is 9.80 Å². The van der Waals surface area contributed by atoms with E-state index in [1.54, 1.807) is 0 Å². The molecule has 4 heterocycles. The highest BCUT2D eigenvalue weighted by Crippen LogP contribution is 2.43. The number of piperidine rings is 2. The summed E-state index contributed by atoms with van der Waals surface area (Å²) in [4.78, 5) is 17.3. The molecule has 0 N–H and O–H groups in total. The summed E-state index contributed by atoms with van der Waals surface area (Å²) in [6.45, 7) is 9.66. The van der Waals surface area contributed by atoms with Crippen LogP contribution in [0, 0.1) is 17.3 Å². The van der Waals surface area contributed by atoms with Gasteiger partial charge < -0.3 is 0 Å². The Morgan fingerprint density at radius 2 is 1.93 bits per heavy atom. The van der Waals surface area contributed by atoms with Crippen LogP contribution in [0.15, 0.2) is 0 Å². The van der Waals surface area contributed by atoms with Gasteiger partial charge in [0.1, 0.15) is 5.78 Å². The first kappa shape index (κ1) is 9.79. The molecule has 4 fully saturated rings. The third kappa shape index (κ3) is 1.36. The molecule has 0 radical (unpaired) electrons. The Balaban J connectivity index is 1.91. The Labute approximate surface area is 91.4 Å². The Morgan fingerprint density at radius 3 is 2.47 bits per heavy atom. The molecule has 0 aliphatic carbocycles. The van der Waals surface area contributed by atoms with Gasteiger partial charge in [0.2, 0.25) is 0 Å². The van der Waals surface area contributed by atoms with E-state index in [0.717, 1.165) is 39.3 Å². The average Bonchev–Trinajstić information content (AvgIpc) is 2.11. The second-order valence-electron chi connectivity index (χ2n) is 6.10. The SMILES string of the molecule is CC(C)CC12CN3CC(CN(C3)C1)C2=O. The summed E-state index contributed by atoms with van der Waals surface area (Å²) >= 11 is 0. The van der Waals surface area contributed by atoms with Crippen LogP contribution in [0.3, 0.4) is 0 Å². The lowest BCUT2D eigenvalue weighted by Gasteiger charge is -2.58. The first-order chi connectivity index (χ1) is 7.09. The van der Waals surface area contributed by atoms with Crippen LogP contribution in [0.4, 0.5) is 0 Å². The van der Waals surface area contributed by atoms with E-state index >= 15 is 0 Å². The standard InChI is InChI=1S/C12H20N2O/c1-9(2)3-12-6-13-4-10(11(12)15)5-14(7-12)8-13/h9-10H,3-8H2,1-2H3. The molecule has 15 heavy (non-hydrogen) atoms. The molecule has 0 aromatic heterocycles. The van der Waals surface area contributed by atoms with Crippen LogP contribution in [0.1, 0.15) is 20.3 Å². The minimum Gasteiger partial charge on any atom is -0.299 e. The number of nitrogens with zero attached hydrogens (tertiary/aromatic N) is 2. The van der Waals surface area contributed by atoms with Crippen LogP contribution in [0.5, 0.6) is 0 Å². The van der Waals surface area contributed by atoms with Crippen LogP contribution in [-0.2, 0) is 4.79 Å². The molecule has 4 saturated heterocycles. The van der Waals surface area contributed by atoms with Gasteiger partial charge in [-0.1, -0.05) is 13.8 Å². The quantitative estimate of drug-likeness (QED) is 0.671. The maximum absolute atomic E-state index is 12.4. The van der Waals surface area contributed by atoms with E-state index in [1.807, 2.05) is 0 Å². The van der Waals surface area contributed by atoms with E-state index in [2.05, 4.69) is 23.6 Å².